The fourth-order valence-electron chi connectivity index (χ4n) is 2.69. The second-order valence-electron chi connectivity index (χ2n) is 6.69. The van der Waals surface area contributed by atoms with Crippen molar-refractivity contribution in [1.82, 2.24) is 10.9 Å². The Morgan fingerprint density at radius 1 is 0.862 bits per heavy atom. The Morgan fingerprint density at radius 2 is 1.62 bits per heavy atom. The Bertz CT molecular complexity index is 775. The minimum absolute atomic E-state index is 0.193. The summed E-state index contributed by atoms with van der Waals surface area (Å²) in [4.78, 5) is 24.4. The minimum atomic E-state index is -0.448. The molecule has 0 aliphatic rings. The van der Waals surface area contributed by atoms with Crippen molar-refractivity contribution in [2.24, 2.45) is 0 Å². The summed E-state index contributed by atoms with van der Waals surface area (Å²) in [6.45, 7) is 4.59. The van der Waals surface area contributed by atoms with Gasteiger partial charge < -0.3 is 9.47 Å². The van der Waals surface area contributed by atoms with Gasteiger partial charge in [0.15, 0.2) is 6.61 Å². The summed E-state index contributed by atoms with van der Waals surface area (Å²) in [5.74, 6) is 0.221. The standard InChI is InChI=1S/C23H30N2O4/c1-3-5-6-9-16-28-21-11-8-7-10-20(21)23(27)25-24-22(26)17-29-19-14-12-18(4-2)13-15-19/h7-8,10-15H,3-6,9,16-17H2,1-2H3,(H,24,26)(H,25,27). The molecule has 0 aliphatic carbocycles. The van der Waals surface area contributed by atoms with Crippen LogP contribution in [0.4, 0.5) is 0 Å². The summed E-state index contributed by atoms with van der Waals surface area (Å²) in [6, 6.07) is 14.5. The Hall–Kier alpha value is -3.02. The topological polar surface area (TPSA) is 76.7 Å². The highest BCUT2D eigenvalue weighted by atomic mass is 16.5. The maximum absolute atomic E-state index is 12.4. The Morgan fingerprint density at radius 3 is 2.34 bits per heavy atom. The van der Waals surface area contributed by atoms with Gasteiger partial charge in [-0.2, -0.15) is 0 Å². The minimum Gasteiger partial charge on any atom is -0.493 e. The first-order valence-corrected chi connectivity index (χ1v) is 10.2. The van der Waals surface area contributed by atoms with E-state index in [4.69, 9.17) is 9.47 Å². The van der Waals surface area contributed by atoms with Crippen molar-refractivity contribution in [3.05, 3.63) is 59.7 Å². The Kier molecular flexibility index (Phi) is 9.55. The van der Waals surface area contributed by atoms with Crippen LogP contribution in [0.3, 0.4) is 0 Å². The van der Waals surface area contributed by atoms with E-state index in [2.05, 4.69) is 24.7 Å². The van der Waals surface area contributed by atoms with Crippen molar-refractivity contribution in [3.8, 4) is 11.5 Å². The fourth-order valence-corrected chi connectivity index (χ4v) is 2.69. The van der Waals surface area contributed by atoms with Crippen LogP contribution in [-0.2, 0) is 11.2 Å². The van der Waals surface area contributed by atoms with E-state index in [1.165, 1.54) is 12.0 Å². The summed E-state index contributed by atoms with van der Waals surface area (Å²) in [5.41, 5.74) is 6.34. The molecule has 0 bridgehead atoms. The van der Waals surface area contributed by atoms with Crippen LogP contribution in [0.5, 0.6) is 11.5 Å². The van der Waals surface area contributed by atoms with Gasteiger partial charge in [-0.25, -0.2) is 0 Å². The van der Waals surface area contributed by atoms with E-state index in [1.54, 1.807) is 18.2 Å². The van der Waals surface area contributed by atoms with Crippen LogP contribution in [0.15, 0.2) is 48.5 Å². The van der Waals surface area contributed by atoms with E-state index < -0.39 is 11.8 Å². The molecule has 6 heteroatoms. The zero-order valence-corrected chi connectivity index (χ0v) is 17.2. The lowest BCUT2D eigenvalue weighted by atomic mass is 10.2. The largest absolute Gasteiger partial charge is 0.493 e. The zero-order chi connectivity index (χ0) is 20.9. The van der Waals surface area contributed by atoms with Crippen molar-refractivity contribution in [1.29, 1.82) is 0 Å². The van der Waals surface area contributed by atoms with Gasteiger partial charge >= 0.3 is 0 Å². The van der Waals surface area contributed by atoms with Gasteiger partial charge in [-0.3, -0.25) is 20.4 Å². The van der Waals surface area contributed by atoms with E-state index in [0.29, 0.717) is 23.7 Å². The van der Waals surface area contributed by atoms with Gasteiger partial charge in [0.2, 0.25) is 0 Å². The van der Waals surface area contributed by atoms with Crippen LogP contribution in [0.2, 0.25) is 0 Å². The van der Waals surface area contributed by atoms with Crippen LogP contribution in [0.1, 0.15) is 55.5 Å². The lowest BCUT2D eigenvalue weighted by Crippen LogP contribution is -2.43. The highest BCUT2D eigenvalue weighted by Gasteiger charge is 2.13. The predicted octanol–water partition coefficient (Wildman–Crippen LogP) is 4.05. The lowest BCUT2D eigenvalue weighted by Gasteiger charge is -2.12. The van der Waals surface area contributed by atoms with Crippen LogP contribution in [0, 0.1) is 0 Å². The molecule has 0 spiro atoms. The third-order valence-electron chi connectivity index (χ3n) is 4.40. The molecule has 29 heavy (non-hydrogen) atoms. The van der Waals surface area contributed by atoms with Gasteiger partial charge in [0, 0.05) is 0 Å². The van der Waals surface area contributed by atoms with E-state index >= 15 is 0 Å². The summed E-state index contributed by atoms with van der Waals surface area (Å²) >= 11 is 0. The second-order valence-corrected chi connectivity index (χ2v) is 6.69. The van der Waals surface area contributed by atoms with Crippen molar-refractivity contribution in [2.45, 2.75) is 46.0 Å². The smallest absolute Gasteiger partial charge is 0.276 e. The van der Waals surface area contributed by atoms with E-state index in [9.17, 15) is 9.59 Å². The van der Waals surface area contributed by atoms with Crippen molar-refractivity contribution in [3.63, 3.8) is 0 Å². The number of rotatable bonds is 11. The quantitative estimate of drug-likeness (QED) is 0.442. The van der Waals surface area contributed by atoms with Crippen molar-refractivity contribution < 1.29 is 19.1 Å². The first-order valence-electron chi connectivity index (χ1n) is 10.2. The zero-order valence-electron chi connectivity index (χ0n) is 17.2. The summed E-state index contributed by atoms with van der Waals surface area (Å²) in [7, 11) is 0. The molecular formula is C23H30N2O4. The molecule has 2 rings (SSSR count). The number of hydrogen-bond acceptors (Lipinski definition) is 4. The summed E-state index contributed by atoms with van der Waals surface area (Å²) < 4.78 is 11.2. The SMILES string of the molecule is CCCCCCOc1ccccc1C(=O)NNC(=O)COc1ccc(CC)cc1. The van der Waals surface area contributed by atoms with Crippen LogP contribution < -0.4 is 20.3 Å². The number of hydrazine groups is 1. The highest BCUT2D eigenvalue weighted by molar-refractivity contribution is 5.97. The number of aryl methyl sites for hydroxylation is 1. The molecule has 156 valence electrons. The number of benzene rings is 2. The average Bonchev–Trinajstić information content (AvgIpc) is 2.76. The molecule has 0 fully saturated rings. The van der Waals surface area contributed by atoms with Crippen molar-refractivity contribution in [2.75, 3.05) is 13.2 Å². The third-order valence-corrected chi connectivity index (χ3v) is 4.40. The molecule has 2 N–H and O–H groups in total. The number of para-hydroxylation sites is 1. The van der Waals surface area contributed by atoms with Gasteiger partial charge in [0.1, 0.15) is 11.5 Å². The van der Waals surface area contributed by atoms with Gasteiger partial charge in [-0.05, 0) is 42.7 Å². The predicted molar refractivity (Wildman–Crippen MR) is 113 cm³/mol. The third kappa shape index (κ3) is 7.86. The van der Waals surface area contributed by atoms with E-state index in [1.807, 2.05) is 30.3 Å². The van der Waals surface area contributed by atoms with Gasteiger partial charge in [-0.1, -0.05) is 57.4 Å². The number of nitrogens with one attached hydrogen (secondary N) is 2. The molecule has 0 heterocycles. The number of ether oxygens (including phenoxy) is 2. The first-order chi connectivity index (χ1) is 14.1. The molecular weight excluding hydrogens is 368 g/mol. The molecule has 2 aromatic carbocycles. The van der Waals surface area contributed by atoms with Crippen LogP contribution in [0.25, 0.3) is 0 Å². The fraction of sp³-hybridized carbons (Fsp3) is 0.391. The van der Waals surface area contributed by atoms with Gasteiger partial charge in [-0.15, -0.1) is 0 Å². The molecule has 0 unspecified atom stereocenters. The molecule has 0 saturated heterocycles. The number of amides is 2. The number of carbonyl (C=O) groups is 2. The van der Waals surface area contributed by atoms with Gasteiger partial charge in [0.25, 0.3) is 11.8 Å². The number of hydrogen-bond donors (Lipinski definition) is 2. The maximum Gasteiger partial charge on any atom is 0.276 e. The molecule has 0 aromatic heterocycles. The average molecular weight is 399 g/mol. The first kappa shape index (κ1) is 22.3. The summed E-state index contributed by atoms with van der Waals surface area (Å²) in [6.07, 6.45) is 5.31. The number of carbonyl (C=O) groups excluding carboxylic acids is 2. The van der Waals surface area contributed by atoms with E-state index in [-0.39, 0.29) is 6.61 Å². The van der Waals surface area contributed by atoms with E-state index in [0.717, 1.165) is 25.7 Å². The second kappa shape index (κ2) is 12.4. The monoisotopic (exact) mass is 398 g/mol. The maximum atomic E-state index is 12.4. The molecule has 0 saturated carbocycles. The normalized spacial score (nSPS) is 10.3. The molecule has 6 nitrogen and oxygen atoms in total. The van der Waals surface area contributed by atoms with Gasteiger partial charge in [0.05, 0.1) is 12.2 Å². The molecule has 0 radical (unpaired) electrons. The highest BCUT2D eigenvalue weighted by Crippen LogP contribution is 2.18. The Balaban J connectivity index is 1.78. The lowest BCUT2D eigenvalue weighted by molar-refractivity contribution is -0.123. The number of unbranched alkanes of at least 4 members (excludes halogenated alkanes) is 3. The van der Waals surface area contributed by atoms with Crippen molar-refractivity contribution >= 4 is 11.8 Å². The molecule has 2 aromatic rings. The summed E-state index contributed by atoms with van der Waals surface area (Å²) in [5, 5.41) is 0. The molecule has 2 amide bonds. The van der Waals surface area contributed by atoms with Crippen LogP contribution >= 0.6 is 0 Å². The molecule has 0 atom stereocenters. The Labute approximate surface area is 172 Å². The molecule has 0 aliphatic heterocycles. The van der Waals surface area contributed by atoms with Crippen LogP contribution in [-0.4, -0.2) is 25.0 Å².